The van der Waals surface area contributed by atoms with E-state index in [0.717, 1.165) is 23.3 Å². The van der Waals surface area contributed by atoms with Crippen molar-refractivity contribution in [1.82, 2.24) is 5.32 Å². The summed E-state index contributed by atoms with van der Waals surface area (Å²) in [7, 11) is 0. The van der Waals surface area contributed by atoms with E-state index in [1.165, 1.54) is 6.92 Å². The Labute approximate surface area is 341 Å². The van der Waals surface area contributed by atoms with Crippen LogP contribution in [0.25, 0.3) is 0 Å². The number of amidine groups is 1. The molecule has 22 heteroatoms. The molecule has 19 nitrogen and oxygen atoms in total. The molecule has 0 spiro atoms. The van der Waals surface area contributed by atoms with E-state index in [1.807, 2.05) is 20.8 Å². The molecule has 3 aliphatic rings. The minimum Gasteiger partial charge on any atom is -0.394 e. The summed E-state index contributed by atoms with van der Waals surface area (Å²) in [6.07, 6.45) is -15.8. The molecule has 3 rings (SSSR count). The number of nitrogens with one attached hydrogen (secondary N) is 2. The van der Waals surface area contributed by atoms with E-state index in [0.29, 0.717) is 44.0 Å². The molecule has 3 fully saturated rings. The van der Waals surface area contributed by atoms with E-state index in [-0.39, 0.29) is 24.8 Å². The minimum atomic E-state index is -2.58. The second kappa shape index (κ2) is 24.3. The number of aliphatic hydroxyl groups is 9. The molecular weight excluding hydrogens is 803 g/mol. The summed E-state index contributed by atoms with van der Waals surface area (Å²) in [6, 6.07) is 0. The van der Waals surface area contributed by atoms with Crippen molar-refractivity contribution >= 4 is 41.1 Å². The van der Waals surface area contributed by atoms with Gasteiger partial charge in [-0.15, -0.1) is 11.8 Å². The lowest BCUT2D eigenvalue weighted by molar-refractivity contribution is -0.347. The summed E-state index contributed by atoms with van der Waals surface area (Å²) in [5.41, 5.74) is 3.91. The Kier molecular flexibility index (Phi) is 21.8. The third-order valence-electron chi connectivity index (χ3n) is 9.06. The Morgan fingerprint density at radius 3 is 1.95 bits per heavy atom. The second-order valence-corrected chi connectivity index (χ2v) is 18.3. The zero-order valence-electron chi connectivity index (χ0n) is 32.5. The number of hydrogen-bond donors (Lipinski definition) is 12. The molecule has 3 saturated heterocycles. The second-order valence-electron chi connectivity index (χ2n) is 14.8. The number of aliphatic hydroxyl groups excluding tert-OH is 7. The van der Waals surface area contributed by atoms with Crippen molar-refractivity contribution in [2.45, 2.75) is 137 Å². The average molecular weight is 868 g/mol. The van der Waals surface area contributed by atoms with E-state index in [9.17, 15) is 46.0 Å². The third-order valence-corrected chi connectivity index (χ3v) is 12.4. The molecule has 0 aromatic heterocycles. The van der Waals surface area contributed by atoms with Gasteiger partial charge in [0, 0.05) is 37.8 Å². The summed E-state index contributed by atoms with van der Waals surface area (Å²) in [5.74, 6) is 0.631. The summed E-state index contributed by atoms with van der Waals surface area (Å²) in [5, 5.41) is 104. The van der Waals surface area contributed by atoms with Crippen molar-refractivity contribution in [1.29, 1.82) is 5.41 Å². The number of ether oxygens (including phenoxy) is 7. The molecule has 0 radical (unpaired) electrons. The van der Waals surface area contributed by atoms with Crippen molar-refractivity contribution in [2.24, 2.45) is 5.73 Å². The SMILES string of the molecule is CC1O[C@@H](SCC(=N)NCCSCCCOC2C(OCC3OC(OC(C)(C)C)C(OCCCSCCN)C(O)[C@@H]3O)OC(CO)[C@@H](O)C2O)C(O)C(O)C1(O)O. The zero-order valence-corrected chi connectivity index (χ0v) is 34.9. The average Bonchev–Trinajstić information content (AvgIpc) is 3.14. The summed E-state index contributed by atoms with van der Waals surface area (Å²) in [6.45, 7) is 7.38. The predicted octanol–water partition coefficient (Wildman–Crippen LogP) is -2.87. The normalized spacial score (nSPS) is 36.4. The van der Waals surface area contributed by atoms with E-state index < -0.39 is 103 Å². The van der Waals surface area contributed by atoms with Crippen LogP contribution in [0.3, 0.4) is 0 Å². The fraction of sp³-hybridized carbons (Fsp3) is 0.971. The van der Waals surface area contributed by atoms with Crippen molar-refractivity contribution in [3.8, 4) is 0 Å². The lowest BCUT2D eigenvalue weighted by Crippen LogP contribution is -2.64. The fourth-order valence-electron chi connectivity index (χ4n) is 5.92. The third kappa shape index (κ3) is 15.1. The van der Waals surface area contributed by atoms with E-state index in [1.54, 1.807) is 23.5 Å². The van der Waals surface area contributed by atoms with Crippen LogP contribution in [0.15, 0.2) is 0 Å². The van der Waals surface area contributed by atoms with Crippen LogP contribution in [0.4, 0.5) is 0 Å². The van der Waals surface area contributed by atoms with Gasteiger partial charge in [-0.05, 0) is 52.0 Å². The van der Waals surface area contributed by atoms with Gasteiger partial charge >= 0.3 is 0 Å². The number of hydrogen-bond acceptors (Lipinski definition) is 21. The van der Waals surface area contributed by atoms with Crippen LogP contribution in [0, 0.1) is 5.41 Å². The van der Waals surface area contributed by atoms with E-state index >= 15 is 0 Å². The van der Waals surface area contributed by atoms with Gasteiger partial charge in [-0.1, -0.05) is 0 Å². The van der Waals surface area contributed by atoms with Gasteiger partial charge in [-0.3, -0.25) is 5.41 Å². The van der Waals surface area contributed by atoms with Crippen LogP contribution in [0.5, 0.6) is 0 Å². The van der Waals surface area contributed by atoms with Gasteiger partial charge in [0.15, 0.2) is 12.6 Å². The first kappa shape index (κ1) is 50.2. The first-order chi connectivity index (χ1) is 26.4. The van der Waals surface area contributed by atoms with Gasteiger partial charge in [0.2, 0.25) is 5.79 Å². The molecule has 13 N–H and O–H groups in total. The Morgan fingerprint density at radius 1 is 0.786 bits per heavy atom. The maximum atomic E-state index is 11.1. The maximum Gasteiger partial charge on any atom is 0.219 e. The Bertz CT molecular complexity index is 1140. The molecular formula is C34H65N3O16S3. The number of nitrogens with two attached hydrogens (primary N) is 1. The van der Waals surface area contributed by atoms with Gasteiger partial charge in [0.1, 0.15) is 78.4 Å². The smallest absolute Gasteiger partial charge is 0.219 e. The fourth-order valence-corrected chi connectivity index (χ4v) is 8.41. The minimum absolute atomic E-state index is 0.129. The molecule has 0 aromatic carbocycles. The van der Waals surface area contributed by atoms with Crippen molar-refractivity contribution in [3.63, 3.8) is 0 Å². The first-order valence-corrected chi connectivity index (χ1v) is 22.2. The number of rotatable bonds is 23. The van der Waals surface area contributed by atoms with Crippen molar-refractivity contribution in [2.75, 3.05) is 68.3 Å². The number of thioether (sulfide) groups is 3. The van der Waals surface area contributed by atoms with Gasteiger partial charge in [-0.2, -0.15) is 23.5 Å². The van der Waals surface area contributed by atoms with Crippen molar-refractivity contribution in [3.05, 3.63) is 0 Å². The molecule has 14 atom stereocenters. The molecule has 0 bridgehead atoms. The molecule has 330 valence electrons. The molecule has 0 aromatic rings. The highest BCUT2D eigenvalue weighted by Gasteiger charge is 2.52. The molecule has 0 amide bonds. The van der Waals surface area contributed by atoms with Crippen LogP contribution in [0.1, 0.15) is 40.5 Å². The summed E-state index contributed by atoms with van der Waals surface area (Å²) >= 11 is 4.31. The highest BCUT2D eigenvalue weighted by Crippen LogP contribution is 2.33. The van der Waals surface area contributed by atoms with Crippen LogP contribution >= 0.6 is 35.3 Å². The van der Waals surface area contributed by atoms with Gasteiger partial charge in [-0.25, -0.2) is 0 Å². The predicted molar refractivity (Wildman–Crippen MR) is 209 cm³/mol. The van der Waals surface area contributed by atoms with Crippen LogP contribution in [-0.2, 0) is 33.2 Å². The Balaban J connectivity index is 1.44. The monoisotopic (exact) mass is 867 g/mol. The van der Waals surface area contributed by atoms with Gasteiger partial charge < -0.3 is 90.2 Å². The Hall–Kier alpha value is -0.160. The lowest BCUT2D eigenvalue weighted by Gasteiger charge is -2.45. The highest BCUT2D eigenvalue weighted by atomic mass is 32.2. The van der Waals surface area contributed by atoms with E-state index in [2.05, 4.69) is 5.32 Å². The van der Waals surface area contributed by atoms with Crippen LogP contribution in [-0.4, -0.2) is 217 Å². The lowest BCUT2D eigenvalue weighted by atomic mass is 9.97. The maximum absolute atomic E-state index is 11.1. The quantitative estimate of drug-likeness (QED) is 0.0213. The van der Waals surface area contributed by atoms with Crippen LogP contribution < -0.4 is 11.1 Å². The standard InChI is InChI=1S/C34H65N3O16S3/c1-18-34(45,46)29(44)26(43)32(50-18)56-17-21(36)37-8-14-55-12-6-9-47-27-24(41)22(39)19(15-38)51-30(27)49-16-20-23(40)25(42)28(31(52-20)53-33(2,3)4)48-10-5-11-54-13-7-35/h18-20,22-32,38-46H,5-17,35H2,1-4H3,(H2,36,37)/t18?,19?,20?,22-,23-,24?,25?,26?,27?,28?,29?,30?,31?,32+/m1/s1. The summed E-state index contributed by atoms with van der Waals surface area (Å²) < 4.78 is 41.1. The van der Waals surface area contributed by atoms with Gasteiger partial charge in [0.25, 0.3) is 0 Å². The van der Waals surface area contributed by atoms with Gasteiger partial charge in [0.05, 0.1) is 24.6 Å². The van der Waals surface area contributed by atoms with E-state index in [4.69, 9.17) is 44.3 Å². The molecule has 0 saturated carbocycles. The topological polar surface area (TPSA) is 309 Å². The Morgan fingerprint density at radius 2 is 1.36 bits per heavy atom. The molecule has 56 heavy (non-hydrogen) atoms. The molecule has 0 aliphatic carbocycles. The summed E-state index contributed by atoms with van der Waals surface area (Å²) in [4.78, 5) is 0. The molecule has 3 aliphatic heterocycles. The highest BCUT2D eigenvalue weighted by molar-refractivity contribution is 8.00. The van der Waals surface area contributed by atoms with Crippen LogP contribution in [0.2, 0.25) is 0 Å². The largest absolute Gasteiger partial charge is 0.394 e. The molecule has 11 unspecified atom stereocenters. The zero-order chi connectivity index (χ0) is 41.6. The molecule has 3 heterocycles. The van der Waals surface area contributed by atoms with Crippen molar-refractivity contribution < 1.29 is 79.1 Å². The first-order valence-electron chi connectivity index (χ1n) is 18.8.